The van der Waals surface area contributed by atoms with Gasteiger partial charge in [-0.1, -0.05) is 6.07 Å². The lowest BCUT2D eigenvalue weighted by atomic mass is 10.4. The number of nitrogens with zero attached hydrogens (tertiary/aromatic N) is 1. The summed E-state index contributed by atoms with van der Waals surface area (Å²) in [5.41, 5.74) is 0. The first-order valence-electron chi connectivity index (χ1n) is 2.75. The van der Waals surface area contributed by atoms with Gasteiger partial charge < -0.3 is 0 Å². The van der Waals surface area contributed by atoms with Crippen molar-refractivity contribution in [3.8, 4) is 0 Å². The van der Waals surface area contributed by atoms with Gasteiger partial charge in [-0.2, -0.15) is 0 Å². The fraction of sp³-hybridized carbons (Fsp3) is 0. The zero-order valence-electron chi connectivity index (χ0n) is 5.15. The molecule has 2 heterocycles. The van der Waals surface area contributed by atoms with Crippen molar-refractivity contribution in [3.63, 3.8) is 0 Å². The lowest BCUT2D eigenvalue weighted by Gasteiger charge is -1.81. The first kappa shape index (κ1) is 7.51. The van der Waals surface area contributed by atoms with Crippen molar-refractivity contribution in [2.45, 2.75) is 0 Å². The Kier molecular flexibility index (Phi) is 2.25. The van der Waals surface area contributed by atoms with Crippen LogP contribution < -0.4 is 0 Å². The molecule has 0 saturated carbocycles. The molecular formula is C7H6ClNS. The Balaban J connectivity index is 0.000000500. The van der Waals surface area contributed by atoms with Crippen LogP contribution in [0.3, 0.4) is 0 Å². The second kappa shape index (κ2) is 2.99. The van der Waals surface area contributed by atoms with Gasteiger partial charge in [0.15, 0.2) is 0 Å². The minimum Gasteiger partial charge on any atom is -0.245 e. The summed E-state index contributed by atoms with van der Waals surface area (Å²) in [6.07, 6.45) is 1.82. The summed E-state index contributed by atoms with van der Waals surface area (Å²) in [6, 6.07) is 6.10. The Morgan fingerprint density at radius 1 is 1.30 bits per heavy atom. The Morgan fingerprint density at radius 3 is 3.00 bits per heavy atom. The molecule has 0 fully saturated rings. The number of thiophene rings is 1. The monoisotopic (exact) mass is 171 g/mol. The van der Waals surface area contributed by atoms with E-state index in [1.807, 2.05) is 12.3 Å². The predicted octanol–water partition coefficient (Wildman–Crippen LogP) is 2.72. The Hall–Kier alpha value is -0.600. The molecule has 52 valence electrons. The topological polar surface area (TPSA) is 12.9 Å². The van der Waals surface area contributed by atoms with E-state index in [0.29, 0.717) is 0 Å². The molecule has 0 aromatic carbocycles. The van der Waals surface area contributed by atoms with E-state index in [0.717, 1.165) is 4.83 Å². The third-order valence-electron chi connectivity index (χ3n) is 1.23. The summed E-state index contributed by atoms with van der Waals surface area (Å²) in [6.45, 7) is 0. The van der Waals surface area contributed by atoms with Crippen LogP contribution in [0.5, 0.6) is 0 Å². The van der Waals surface area contributed by atoms with Crippen LogP contribution in [-0.2, 0) is 0 Å². The molecule has 0 aliphatic carbocycles. The van der Waals surface area contributed by atoms with Gasteiger partial charge >= 0.3 is 0 Å². The van der Waals surface area contributed by atoms with Crippen molar-refractivity contribution >= 4 is 34.0 Å². The molecule has 0 aliphatic rings. The highest BCUT2D eigenvalue weighted by Gasteiger charge is 1.89. The highest BCUT2D eigenvalue weighted by atomic mass is 35.5. The van der Waals surface area contributed by atoms with Gasteiger partial charge in [0.25, 0.3) is 0 Å². The van der Waals surface area contributed by atoms with Gasteiger partial charge in [-0.15, -0.1) is 23.7 Å². The van der Waals surface area contributed by atoms with Crippen LogP contribution in [0.2, 0.25) is 0 Å². The number of halogens is 1. The number of hydrogen-bond donors (Lipinski definition) is 0. The van der Waals surface area contributed by atoms with Crippen molar-refractivity contribution in [1.82, 2.24) is 4.98 Å². The number of aromatic nitrogens is 1. The van der Waals surface area contributed by atoms with Crippen LogP contribution in [0.15, 0.2) is 29.8 Å². The molecule has 0 atom stereocenters. The standard InChI is InChI=1S/C7H5NS.ClH/c1-2-6-3-5-9-7(6)8-4-1;/h1-5H;1H. The zero-order valence-corrected chi connectivity index (χ0v) is 6.78. The molecule has 0 saturated heterocycles. The Bertz CT molecular complexity index is 288. The highest BCUT2D eigenvalue weighted by molar-refractivity contribution is 7.16. The average Bonchev–Trinajstić information content (AvgIpc) is 2.33. The fourth-order valence-corrected chi connectivity index (χ4v) is 1.54. The normalized spacial score (nSPS) is 9.20. The molecule has 0 aliphatic heterocycles. The van der Waals surface area contributed by atoms with Crippen LogP contribution in [0.25, 0.3) is 10.2 Å². The van der Waals surface area contributed by atoms with Gasteiger partial charge in [-0.3, -0.25) is 0 Å². The largest absolute Gasteiger partial charge is 0.245 e. The van der Waals surface area contributed by atoms with E-state index in [1.165, 1.54) is 5.39 Å². The average molecular weight is 172 g/mol. The van der Waals surface area contributed by atoms with Gasteiger partial charge in [-0.25, -0.2) is 4.98 Å². The van der Waals surface area contributed by atoms with Crippen molar-refractivity contribution in [2.24, 2.45) is 0 Å². The van der Waals surface area contributed by atoms with Gasteiger partial charge in [-0.05, 0) is 17.5 Å². The molecule has 2 aromatic rings. The van der Waals surface area contributed by atoms with Crippen molar-refractivity contribution in [3.05, 3.63) is 29.8 Å². The number of hydrogen-bond acceptors (Lipinski definition) is 2. The van der Waals surface area contributed by atoms with E-state index in [-0.39, 0.29) is 12.4 Å². The second-order valence-electron chi connectivity index (χ2n) is 1.82. The van der Waals surface area contributed by atoms with Crippen LogP contribution in [0, 0.1) is 0 Å². The second-order valence-corrected chi connectivity index (χ2v) is 2.71. The van der Waals surface area contributed by atoms with Gasteiger partial charge in [0, 0.05) is 11.6 Å². The van der Waals surface area contributed by atoms with E-state index in [9.17, 15) is 0 Å². The van der Waals surface area contributed by atoms with E-state index < -0.39 is 0 Å². The lowest BCUT2D eigenvalue weighted by Crippen LogP contribution is -1.65. The van der Waals surface area contributed by atoms with E-state index in [2.05, 4.69) is 22.5 Å². The maximum atomic E-state index is 4.16. The molecule has 0 spiro atoms. The van der Waals surface area contributed by atoms with Crippen molar-refractivity contribution in [2.75, 3.05) is 0 Å². The summed E-state index contributed by atoms with van der Waals surface area (Å²) in [5, 5.41) is 3.29. The highest BCUT2D eigenvalue weighted by Crippen LogP contribution is 2.15. The minimum absolute atomic E-state index is 0. The molecule has 0 unspecified atom stereocenters. The fourth-order valence-electron chi connectivity index (χ4n) is 0.800. The molecule has 0 radical (unpaired) electrons. The summed E-state index contributed by atoms with van der Waals surface area (Å²) in [4.78, 5) is 5.28. The Labute approximate surface area is 69.1 Å². The minimum atomic E-state index is 0. The number of rotatable bonds is 0. The molecule has 0 N–H and O–H groups in total. The summed E-state index contributed by atoms with van der Waals surface area (Å²) >= 11 is 1.68. The maximum Gasteiger partial charge on any atom is 0.123 e. The first-order chi connectivity index (χ1) is 4.47. The summed E-state index contributed by atoms with van der Waals surface area (Å²) in [5.74, 6) is 0. The van der Waals surface area contributed by atoms with E-state index >= 15 is 0 Å². The number of pyridine rings is 1. The van der Waals surface area contributed by atoms with Gasteiger partial charge in [0.1, 0.15) is 4.83 Å². The van der Waals surface area contributed by atoms with Crippen LogP contribution in [0.4, 0.5) is 0 Å². The van der Waals surface area contributed by atoms with Gasteiger partial charge in [0.2, 0.25) is 0 Å². The number of fused-ring (bicyclic) bond motifs is 1. The molecule has 0 amide bonds. The molecular weight excluding hydrogens is 166 g/mol. The lowest BCUT2D eigenvalue weighted by molar-refractivity contribution is 1.45. The smallest absolute Gasteiger partial charge is 0.123 e. The molecule has 1 nitrogen and oxygen atoms in total. The zero-order chi connectivity index (χ0) is 6.10. The maximum absolute atomic E-state index is 4.16. The molecule has 0 bridgehead atoms. The Morgan fingerprint density at radius 2 is 2.20 bits per heavy atom. The first-order valence-corrected chi connectivity index (χ1v) is 3.63. The molecule has 2 rings (SSSR count). The predicted molar refractivity (Wildman–Crippen MR) is 46.9 cm³/mol. The van der Waals surface area contributed by atoms with Crippen molar-refractivity contribution < 1.29 is 0 Å². The quantitative estimate of drug-likeness (QED) is 0.594. The van der Waals surface area contributed by atoms with E-state index in [4.69, 9.17) is 0 Å². The summed E-state index contributed by atoms with van der Waals surface area (Å²) < 4.78 is 0. The van der Waals surface area contributed by atoms with Crippen LogP contribution in [-0.4, -0.2) is 4.98 Å². The molecule has 10 heavy (non-hydrogen) atoms. The van der Waals surface area contributed by atoms with Crippen molar-refractivity contribution in [1.29, 1.82) is 0 Å². The van der Waals surface area contributed by atoms with Crippen LogP contribution >= 0.6 is 23.7 Å². The molecule has 3 heteroatoms. The molecule has 2 aromatic heterocycles. The summed E-state index contributed by atoms with van der Waals surface area (Å²) in [7, 11) is 0. The third kappa shape index (κ3) is 1.13. The third-order valence-corrected chi connectivity index (χ3v) is 2.06. The SMILES string of the molecule is Cl.c1cnc2sccc2c1. The van der Waals surface area contributed by atoms with Crippen LogP contribution in [0.1, 0.15) is 0 Å². The van der Waals surface area contributed by atoms with Gasteiger partial charge in [0.05, 0.1) is 0 Å². The van der Waals surface area contributed by atoms with E-state index in [1.54, 1.807) is 11.3 Å².